The summed E-state index contributed by atoms with van der Waals surface area (Å²) in [5, 5.41) is 3.30. The molecule has 4 rings (SSSR count). The van der Waals surface area contributed by atoms with Gasteiger partial charge in [0.1, 0.15) is 0 Å². The van der Waals surface area contributed by atoms with Crippen molar-refractivity contribution in [3.63, 3.8) is 0 Å². The van der Waals surface area contributed by atoms with Crippen molar-refractivity contribution in [2.24, 2.45) is 16.8 Å². The fraction of sp³-hybridized carbons (Fsp3) is 0.917. The third-order valence-corrected chi connectivity index (χ3v) is 8.43. The molecule has 0 bridgehead atoms. The van der Waals surface area contributed by atoms with Crippen LogP contribution in [0.2, 0.25) is 0 Å². The molecule has 3 N–H and O–H groups in total. The van der Waals surface area contributed by atoms with E-state index in [1.165, 1.54) is 5.71 Å². The van der Waals surface area contributed by atoms with Crippen molar-refractivity contribution in [3.05, 3.63) is 0 Å². The molecule has 5 unspecified atom stereocenters. The third kappa shape index (κ3) is 5.90. The summed E-state index contributed by atoms with van der Waals surface area (Å²) in [5.74, 6) is 0.848. The minimum Gasteiger partial charge on any atom is -0.381 e. The van der Waals surface area contributed by atoms with Gasteiger partial charge in [-0.15, -0.1) is 11.6 Å². The smallest absolute Gasteiger partial charge is 0.222 e. The number of hydrogen-bond donors (Lipinski definition) is 3. The fourth-order valence-electron chi connectivity index (χ4n) is 6.33. The molecule has 188 valence electrons. The molecule has 2 aliphatic heterocycles. The molecule has 4 aliphatic rings. The average molecular weight is 484 g/mol. The number of amides is 1. The molecule has 0 spiro atoms. The molecular formula is C24H42ClN5O3. The van der Waals surface area contributed by atoms with E-state index in [1.54, 1.807) is 0 Å². The van der Waals surface area contributed by atoms with Gasteiger partial charge in [-0.05, 0) is 64.7 Å². The van der Waals surface area contributed by atoms with Crippen LogP contribution in [-0.2, 0) is 14.3 Å². The van der Waals surface area contributed by atoms with Crippen LogP contribution in [0.1, 0.15) is 65.2 Å². The van der Waals surface area contributed by atoms with Crippen molar-refractivity contribution in [2.75, 3.05) is 26.9 Å². The minimum absolute atomic E-state index is 0.00565. The van der Waals surface area contributed by atoms with Gasteiger partial charge in [-0.3, -0.25) is 14.7 Å². The molecule has 2 heterocycles. The number of rotatable bonds is 8. The Balaban J connectivity index is 1.59. The summed E-state index contributed by atoms with van der Waals surface area (Å²) in [6, 6.07) is 0.266. The average Bonchev–Trinajstić information content (AvgIpc) is 3.14. The summed E-state index contributed by atoms with van der Waals surface area (Å²) in [7, 11) is 1.83. The van der Waals surface area contributed by atoms with Gasteiger partial charge in [-0.25, -0.2) is 10.9 Å². The number of alkyl halides is 1. The lowest BCUT2D eigenvalue weighted by Gasteiger charge is -2.44. The number of nitrogens with zero attached hydrogens (tertiary/aromatic N) is 2. The van der Waals surface area contributed by atoms with Crippen LogP contribution in [-0.4, -0.2) is 79.3 Å². The molecule has 2 saturated carbocycles. The van der Waals surface area contributed by atoms with Crippen LogP contribution >= 0.6 is 11.6 Å². The van der Waals surface area contributed by atoms with Gasteiger partial charge in [-0.1, -0.05) is 0 Å². The van der Waals surface area contributed by atoms with Crippen LogP contribution in [0.3, 0.4) is 0 Å². The van der Waals surface area contributed by atoms with Gasteiger partial charge in [0.05, 0.1) is 37.5 Å². The molecule has 2 aliphatic carbocycles. The maximum absolute atomic E-state index is 12.9. The number of fused-ring (bicyclic) bond motifs is 3. The number of halogens is 1. The zero-order chi connectivity index (χ0) is 23.4. The standard InChI is InChI=1S/C24H42ClN5O3/c1-4-33-12-11-26-22(31)14-20-24-29-28-15(2)30(24)21-10-9-18(32-3)13-19(21)23(27-20)16-5-7-17(25)8-6-16/h15-21,24,28-29H,4-14H2,1-3H3,(H,26,31)/t15?,16?,17?,18?,19?,20-,21?,24?/m0/s1. The van der Waals surface area contributed by atoms with Gasteiger partial charge in [0, 0.05) is 43.3 Å². The third-order valence-electron chi connectivity index (χ3n) is 7.99. The zero-order valence-corrected chi connectivity index (χ0v) is 21.2. The molecule has 1 saturated heterocycles. The number of carbonyl (C=O) groups is 1. The molecule has 8 nitrogen and oxygen atoms in total. The van der Waals surface area contributed by atoms with Crippen molar-refractivity contribution in [1.29, 1.82) is 0 Å². The second kappa shape index (κ2) is 11.8. The Morgan fingerprint density at radius 1 is 1.21 bits per heavy atom. The van der Waals surface area contributed by atoms with Gasteiger partial charge >= 0.3 is 0 Å². The summed E-state index contributed by atoms with van der Waals surface area (Å²) in [6.07, 6.45) is 8.27. The summed E-state index contributed by atoms with van der Waals surface area (Å²) in [4.78, 5) is 20.8. The highest BCUT2D eigenvalue weighted by Gasteiger charge is 2.49. The van der Waals surface area contributed by atoms with E-state index in [1.807, 2.05) is 14.0 Å². The molecule has 6 atom stereocenters. The van der Waals surface area contributed by atoms with E-state index in [0.717, 1.165) is 44.9 Å². The Kier molecular flexibility index (Phi) is 9.04. The first kappa shape index (κ1) is 25.3. The quantitative estimate of drug-likeness (QED) is 0.363. The van der Waals surface area contributed by atoms with Crippen LogP contribution in [0.4, 0.5) is 0 Å². The van der Waals surface area contributed by atoms with Crippen molar-refractivity contribution < 1.29 is 14.3 Å². The zero-order valence-electron chi connectivity index (χ0n) is 20.4. The van der Waals surface area contributed by atoms with Gasteiger partial charge in [0.15, 0.2) is 0 Å². The number of hydrazine groups is 1. The van der Waals surface area contributed by atoms with E-state index >= 15 is 0 Å². The Hall–Kier alpha value is -0.770. The number of carbonyl (C=O) groups excluding carboxylic acids is 1. The number of methoxy groups -OCH3 is 1. The molecular weight excluding hydrogens is 442 g/mol. The number of hydrogen-bond acceptors (Lipinski definition) is 7. The molecule has 0 radical (unpaired) electrons. The van der Waals surface area contributed by atoms with Crippen LogP contribution in [0.5, 0.6) is 0 Å². The van der Waals surface area contributed by atoms with Crippen LogP contribution < -0.4 is 16.2 Å². The van der Waals surface area contributed by atoms with Crippen molar-refractivity contribution >= 4 is 23.2 Å². The topological polar surface area (TPSA) is 87.2 Å². The van der Waals surface area contributed by atoms with E-state index in [0.29, 0.717) is 44.1 Å². The summed E-state index contributed by atoms with van der Waals surface area (Å²) in [6.45, 7) is 5.90. The maximum Gasteiger partial charge on any atom is 0.222 e. The van der Waals surface area contributed by atoms with Crippen LogP contribution in [0, 0.1) is 11.8 Å². The Bertz CT molecular complexity index is 687. The van der Waals surface area contributed by atoms with Crippen molar-refractivity contribution in [2.45, 2.75) is 101 Å². The highest BCUT2D eigenvalue weighted by Crippen LogP contribution is 2.41. The Labute approximate surface area is 203 Å². The molecule has 0 aromatic rings. The lowest BCUT2D eigenvalue weighted by molar-refractivity contribution is -0.122. The highest BCUT2D eigenvalue weighted by atomic mass is 35.5. The molecule has 0 aromatic carbocycles. The van der Waals surface area contributed by atoms with Crippen LogP contribution in [0.15, 0.2) is 4.99 Å². The first-order chi connectivity index (χ1) is 16.0. The lowest BCUT2D eigenvalue weighted by atomic mass is 9.72. The maximum atomic E-state index is 12.9. The molecule has 9 heteroatoms. The lowest BCUT2D eigenvalue weighted by Crippen LogP contribution is -2.55. The van der Waals surface area contributed by atoms with Crippen molar-refractivity contribution in [3.8, 4) is 0 Å². The largest absolute Gasteiger partial charge is 0.381 e. The molecule has 0 aromatic heterocycles. The second-order valence-corrected chi connectivity index (χ2v) is 10.6. The fourth-order valence-corrected chi connectivity index (χ4v) is 6.58. The van der Waals surface area contributed by atoms with Gasteiger partial charge < -0.3 is 14.8 Å². The SMILES string of the molecule is CCOCCNC(=O)C[C@@H]1N=C(C2CCC(Cl)CC2)C2CC(OC)CCC2N2C(C)NNC12. The second-order valence-electron chi connectivity index (χ2n) is 10.0. The first-order valence-corrected chi connectivity index (χ1v) is 13.3. The van der Waals surface area contributed by atoms with Gasteiger partial charge in [0.2, 0.25) is 5.91 Å². The summed E-state index contributed by atoms with van der Waals surface area (Å²) < 4.78 is 11.2. The van der Waals surface area contributed by atoms with E-state index in [4.69, 9.17) is 26.1 Å². The predicted molar refractivity (Wildman–Crippen MR) is 130 cm³/mol. The molecule has 3 fully saturated rings. The van der Waals surface area contributed by atoms with E-state index in [9.17, 15) is 4.79 Å². The Morgan fingerprint density at radius 3 is 2.73 bits per heavy atom. The van der Waals surface area contributed by atoms with Crippen molar-refractivity contribution in [1.82, 2.24) is 21.1 Å². The number of nitrogens with one attached hydrogen (secondary N) is 3. The van der Waals surface area contributed by atoms with E-state index in [-0.39, 0.29) is 35.8 Å². The minimum atomic E-state index is -0.134. The van der Waals surface area contributed by atoms with E-state index in [2.05, 4.69) is 28.0 Å². The van der Waals surface area contributed by atoms with Crippen LogP contribution in [0.25, 0.3) is 0 Å². The van der Waals surface area contributed by atoms with Gasteiger partial charge in [-0.2, -0.15) is 0 Å². The predicted octanol–water partition coefficient (Wildman–Crippen LogP) is 2.42. The summed E-state index contributed by atoms with van der Waals surface area (Å²) >= 11 is 6.45. The summed E-state index contributed by atoms with van der Waals surface area (Å²) in [5.41, 5.74) is 8.22. The monoisotopic (exact) mass is 483 g/mol. The number of ether oxygens (including phenoxy) is 2. The Morgan fingerprint density at radius 2 is 2.00 bits per heavy atom. The van der Waals surface area contributed by atoms with Gasteiger partial charge in [0.25, 0.3) is 0 Å². The van der Waals surface area contributed by atoms with E-state index < -0.39 is 0 Å². The first-order valence-electron chi connectivity index (χ1n) is 12.9. The molecule has 33 heavy (non-hydrogen) atoms. The normalized spacial score (nSPS) is 39.3. The molecule has 1 amide bonds. The highest BCUT2D eigenvalue weighted by molar-refractivity contribution is 6.20. The number of aliphatic imine (C=N–C) groups is 1.